The van der Waals surface area contributed by atoms with Gasteiger partial charge in [-0.3, -0.25) is 9.88 Å². The monoisotopic (exact) mass is 296 g/mol. The van der Waals surface area contributed by atoms with Gasteiger partial charge in [-0.1, -0.05) is 11.8 Å². The summed E-state index contributed by atoms with van der Waals surface area (Å²) in [6.45, 7) is 2.64. The number of benzene rings is 1. The number of hydrogen-bond donors (Lipinski definition) is 1. The lowest BCUT2D eigenvalue weighted by atomic mass is 10.2. The quantitative estimate of drug-likeness (QED) is 0.698. The molecule has 0 amide bonds. The van der Waals surface area contributed by atoms with Crippen LogP contribution in [0.1, 0.15) is 5.56 Å². The summed E-state index contributed by atoms with van der Waals surface area (Å²) in [5, 5.41) is 0. The molecule has 1 fully saturated rings. The van der Waals surface area contributed by atoms with Crippen molar-refractivity contribution in [2.75, 3.05) is 25.4 Å². The smallest absolute Gasteiger partial charge is 0.167 e. The second-order valence-electron chi connectivity index (χ2n) is 4.95. The average molecular weight is 296 g/mol. The summed E-state index contributed by atoms with van der Waals surface area (Å²) in [6.07, 6.45) is 5.38. The third-order valence-electron chi connectivity index (χ3n) is 3.26. The highest BCUT2D eigenvalue weighted by atomic mass is 19.1. The summed E-state index contributed by atoms with van der Waals surface area (Å²) in [5.74, 6) is 6.18. The summed E-state index contributed by atoms with van der Waals surface area (Å²) in [7, 11) is 0. The molecular formula is C17H15FN3O. The molecule has 0 unspecified atom stereocenters. The molecule has 3 rings (SSSR count). The maximum absolute atomic E-state index is 13.8. The molecule has 2 N–H and O–H groups in total. The van der Waals surface area contributed by atoms with Crippen LogP contribution in [0.4, 0.5) is 10.1 Å². The number of hydrogen-bond acceptors (Lipinski definition) is 4. The van der Waals surface area contributed by atoms with Gasteiger partial charge in [-0.15, -0.1) is 0 Å². The summed E-state index contributed by atoms with van der Waals surface area (Å²) in [4.78, 5) is 6.24. The van der Waals surface area contributed by atoms with E-state index in [9.17, 15) is 4.39 Å². The van der Waals surface area contributed by atoms with E-state index in [2.05, 4.69) is 28.1 Å². The number of likely N-dealkylation sites (tertiary alicyclic amines) is 1. The lowest BCUT2D eigenvalue weighted by molar-refractivity contribution is 0.276. The molecule has 1 saturated heterocycles. The third-order valence-corrected chi connectivity index (χ3v) is 3.26. The van der Waals surface area contributed by atoms with Crippen LogP contribution in [0.15, 0.2) is 36.7 Å². The van der Waals surface area contributed by atoms with Crippen molar-refractivity contribution in [1.29, 1.82) is 0 Å². The zero-order valence-corrected chi connectivity index (χ0v) is 11.9. The highest BCUT2D eigenvalue weighted by molar-refractivity contribution is 5.48. The minimum Gasteiger partial charge on any atom is -0.453 e. The lowest BCUT2D eigenvalue weighted by Crippen LogP contribution is -2.37. The highest BCUT2D eigenvalue weighted by Crippen LogP contribution is 2.27. The Kier molecular flexibility index (Phi) is 4.22. The second-order valence-corrected chi connectivity index (χ2v) is 4.95. The van der Waals surface area contributed by atoms with Gasteiger partial charge in [0, 0.05) is 43.3 Å². The predicted octanol–water partition coefficient (Wildman–Crippen LogP) is 2.47. The van der Waals surface area contributed by atoms with Crippen LogP contribution >= 0.6 is 0 Å². The maximum Gasteiger partial charge on any atom is 0.167 e. The van der Waals surface area contributed by atoms with Gasteiger partial charge in [-0.2, -0.15) is 0 Å². The van der Waals surface area contributed by atoms with E-state index in [1.165, 1.54) is 12.1 Å². The number of nitrogens with zero attached hydrogens (tertiary/aromatic N) is 2. The zero-order valence-electron chi connectivity index (χ0n) is 11.9. The average Bonchev–Trinajstić information content (AvgIpc) is 2.46. The van der Waals surface area contributed by atoms with Crippen molar-refractivity contribution < 1.29 is 9.13 Å². The van der Waals surface area contributed by atoms with Crippen LogP contribution in [0.2, 0.25) is 0 Å². The first-order chi connectivity index (χ1) is 10.7. The fourth-order valence-corrected chi connectivity index (χ4v) is 1.97. The van der Waals surface area contributed by atoms with E-state index < -0.39 is 5.82 Å². The molecule has 0 atom stereocenters. The van der Waals surface area contributed by atoms with E-state index in [0.29, 0.717) is 23.5 Å². The molecule has 0 spiro atoms. The van der Waals surface area contributed by atoms with Crippen LogP contribution < -0.4 is 10.5 Å². The molecule has 0 aliphatic carbocycles. The Morgan fingerprint density at radius 3 is 2.86 bits per heavy atom. The zero-order chi connectivity index (χ0) is 15.4. The van der Waals surface area contributed by atoms with Crippen molar-refractivity contribution in [3.05, 3.63) is 54.5 Å². The number of aromatic nitrogens is 1. The molecule has 2 aromatic rings. The summed E-state index contributed by atoms with van der Waals surface area (Å²) < 4.78 is 19.4. The van der Waals surface area contributed by atoms with Crippen LogP contribution in [0.5, 0.6) is 11.5 Å². The largest absolute Gasteiger partial charge is 0.453 e. The first-order valence-electron chi connectivity index (χ1n) is 6.92. The molecule has 111 valence electrons. The molecule has 1 aliphatic heterocycles. The Bertz CT molecular complexity index is 732. The van der Waals surface area contributed by atoms with Crippen molar-refractivity contribution >= 4 is 5.69 Å². The van der Waals surface area contributed by atoms with Crippen molar-refractivity contribution in [1.82, 2.24) is 9.88 Å². The molecule has 0 bridgehead atoms. The molecule has 2 heterocycles. The minimum absolute atomic E-state index is 0.112. The van der Waals surface area contributed by atoms with E-state index in [4.69, 9.17) is 10.5 Å². The van der Waals surface area contributed by atoms with Gasteiger partial charge in [0.1, 0.15) is 5.75 Å². The molecule has 1 radical (unpaired) electrons. The Balaban J connectivity index is 1.78. The van der Waals surface area contributed by atoms with E-state index in [1.54, 1.807) is 24.5 Å². The normalized spacial score (nSPS) is 13.9. The minimum atomic E-state index is -0.508. The topological polar surface area (TPSA) is 51.4 Å². The number of ether oxygens (including phenoxy) is 1. The van der Waals surface area contributed by atoms with Gasteiger partial charge in [0.25, 0.3) is 0 Å². The first kappa shape index (κ1) is 14.4. The van der Waals surface area contributed by atoms with Gasteiger partial charge in [-0.25, -0.2) is 4.39 Å². The second kappa shape index (κ2) is 6.46. The fourth-order valence-electron chi connectivity index (χ4n) is 1.97. The van der Waals surface area contributed by atoms with Crippen molar-refractivity contribution in [3.8, 4) is 23.3 Å². The summed E-state index contributed by atoms with van der Waals surface area (Å²) in [6, 6.07) is 5.98. The first-order valence-corrected chi connectivity index (χ1v) is 6.92. The number of pyridine rings is 1. The van der Waals surface area contributed by atoms with E-state index in [1.807, 2.05) is 0 Å². The maximum atomic E-state index is 13.8. The molecule has 0 saturated carbocycles. The van der Waals surface area contributed by atoms with Crippen LogP contribution in [-0.4, -0.2) is 29.5 Å². The van der Waals surface area contributed by atoms with Gasteiger partial charge in [0.15, 0.2) is 11.6 Å². The molecule has 5 heteroatoms. The Hall–Kier alpha value is -2.58. The van der Waals surface area contributed by atoms with Crippen LogP contribution in [0, 0.1) is 24.1 Å². The standard InChI is InChI=1S/C17H15FN3O/c18-15-11-14(19)4-5-17(15)22-16-6-7-20-12-13(16)3-1-8-21-9-2-10-21/h2,4-7,11-12H,8-10,19H2. The number of rotatable bonds is 3. The molecule has 4 nitrogen and oxygen atoms in total. The third kappa shape index (κ3) is 3.35. The van der Waals surface area contributed by atoms with Gasteiger partial charge < -0.3 is 10.5 Å². The molecule has 1 aromatic heterocycles. The van der Waals surface area contributed by atoms with Gasteiger partial charge >= 0.3 is 0 Å². The Labute approximate surface area is 128 Å². The molecule has 22 heavy (non-hydrogen) atoms. The molecular weight excluding hydrogens is 281 g/mol. The summed E-state index contributed by atoms with van der Waals surface area (Å²) in [5.41, 5.74) is 6.51. The van der Waals surface area contributed by atoms with Crippen LogP contribution in [-0.2, 0) is 0 Å². The fraction of sp³-hybridized carbons (Fsp3) is 0.176. The van der Waals surface area contributed by atoms with Crippen molar-refractivity contribution in [2.24, 2.45) is 0 Å². The molecule has 1 aliphatic rings. The van der Waals surface area contributed by atoms with E-state index in [0.717, 1.165) is 13.1 Å². The van der Waals surface area contributed by atoms with Crippen molar-refractivity contribution in [2.45, 2.75) is 0 Å². The predicted molar refractivity (Wildman–Crippen MR) is 82.7 cm³/mol. The van der Waals surface area contributed by atoms with Crippen LogP contribution in [0.3, 0.4) is 0 Å². The van der Waals surface area contributed by atoms with E-state index in [-0.39, 0.29) is 5.75 Å². The van der Waals surface area contributed by atoms with Gasteiger partial charge in [0.05, 0.1) is 12.1 Å². The number of nitrogens with two attached hydrogens (primary N) is 1. The van der Waals surface area contributed by atoms with E-state index >= 15 is 0 Å². The Morgan fingerprint density at radius 1 is 1.27 bits per heavy atom. The number of nitrogen functional groups attached to an aromatic ring is 1. The van der Waals surface area contributed by atoms with Crippen LogP contribution in [0.25, 0.3) is 0 Å². The molecule has 1 aromatic carbocycles. The Morgan fingerprint density at radius 2 is 2.14 bits per heavy atom. The lowest BCUT2D eigenvalue weighted by Gasteiger charge is -2.27. The summed E-state index contributed by atoms with van der Waals surface area (Å²) >= 11 is 0. The number of halogens is 1. The highest BCUT2D eigenvalue weighted by Gasteiger charge is 2.12. The van der Waals surface area contributed by atoms with Gasteiger partial charge in [0.2, 0.25) is 0 Å². The van der Waals surface area contributed by atoms with Gasteiger partial charge in [-0.05, 0) is 18.6 Å². The number of anilines is 1. The van der Waals surface area contributed by atoms with Crippen molar-refractivity contribution in [3.63, 3.8) is 0 Å². The SMILES string of the molecule is Nc1ccc(Oc2ccncc2C#CCN2C[CH]C2)c(F)c1.